The van der Waals surface area contributed by atoms with Crippen LogP contribution in [-0.2, 0) is 16.5 Å². The molecule has 4 nitrogen and oxygen atoms in total. The van der Waals surface area contributed by atoms with E-state index in [9.17, 15) is 13.0 Å². The van der Waals surface area contributed by atoms with Crippen molar-refractivity contribution >= 4 is 15.8 Å². The maximum atomic E-state index is 10.5. The molecule has 1 aromatic carbocycles. The van der Waals surface area contributed by atoms with E-state index in [0.29, 0.717) is 6.42 Å². The number of hydrogen-bond acceptors (Lipinski definition) is 4. The van der Waals surface area contributed by atoms with Crippen LogP contribution in [-0.4, -0.2) is 31.8 Å². The first-order chi connectivity index (χ1) is 8.06. The Balaban J connectivity index is 1.82. The second-order valence-corrected chi connectivity index (χ2v) is 5.86. The van der Waals surface area contributed by atoms with Crippen molar-refractivity contribution in [3.63, 3.8) is 0 Å². The highest BCUT2D eigenvalue weighted by atomic mass is 32.2. The number of nitrogens with zero attached hydrogens (tertiary/aromatic N) is 1. The first-order valence-electron chi connectivity index (χ1n) is 5.83. The summed E-state index contributed by atoms with van der Waals surface area (Å²) in [5.41, 5.74) is 2.60. The quantitative estimate of drug-likeness (QED) is 0.588. The van der Waals surface area contributed by atoms with Gasteiger partial charge in [-0.05, 0) is 30.9 Å². The Hall–Kier alpha value is -1.07. The van der Waals surface area contributed by atoms with Crippen LogP contribution < -0.4 is 4.90 Å². The average Bonchev–Trinajstić information content (AvgIpc) is 2.67. The minimum Gasteiger partial charge on any atom is -0.748 e. The molecular formula is C12H16NO3S-. The zero-order chi connectivity index (χ0) is 12.3. The monoisotopic (exact) mass is 254 g/mol. The number of fused-ring (bicyclic) bond motifs is 1. The molecule has 0 spiro atoms. The van der Waals surface area contributed by atoms with Gasteiger partial charge in [0.2, 0.25) is 0 Å². The van der Waals surface area contributed by atoms with Crippen LogP contribution in [0.5, 0.6) is 0 Å². The molecule has 0 saturated carbocycles. The predicted molar refractivity (Wildman–Crippen MR) is 66.2 cm³/mol. The van der Waals surface area contributed by atoms with E-state index >= 15 is 0 Å². The van der Waals surface area contributed by atoms with Gasteiger partial charge in [0.05, 0.1) is 10.1 Å². The maximum Gasteiger partial charge on any atom is 0.0945 e. The Morgan fingerprint density at radius 1 is 1.24 bits per heavy atom. The lowest BCUT2D eigenvalue weighted by molar-refractivity contribution is 0.460. The van der Waals surface area contributed by atoms with Gasteiger partial charge in [-0.15, -0.1) is 0 Å². The molecule has 5 heteroatoms. The highest BCUT2D eigenvalue weighted by Crippen LogP contribution is 2.27. The summed E-state index contributed by atoms with van der Waals surface area (Å²) in [4.78, 5) is 2.26. The fraction of sp³-hybridized carbons (Fsp3) is 0.500. The van der Waals surface area contributed by atoms with Crippen LogP contribution >= 0.6 is 0 Å². The van der Waals surface area contributed by atoms with Gasteiger partial charge >= 0.3 is 0 Å². The molecule has 94 valence electrons. The van der Waals surface area contributed by atoms with Crippen molar-refractivity contribution in [1.82, 2.24) is 0 Å². The van der Waals surface area contributed by atoms with E-state index in [0.717, 1.165) is 25.9 Å². The summed E-state index contributed by atoms with van der Waals surface area (Å²) in [6.07, 6.45) is 2.25. The number of rotatable bonds is 5. The molecule has 2 rings (SSSR count). The normalized spacial score (nSPS) is 15.0. The van der Waals surface area contributed by atoms with Crippen LogP contribution in [0.15, 0.2) is 24.3 Å². The second kappa shape index (κ2) is 5.06. The molecule has 0 aromatic heterocycles. The number of hydrogen-bond donors (Lipinski definition) is 0. The molecule has 1 aliphatic rings. The van der Waals surface area contributed by atoms with Gasteiger partial charge in [-0.2, -0.15) is 0 Å². The van der Waals surface area contributed by atoms with Gasteiger partial charge < -0.3 is 9.45 Å². The second-order valence-electron chi connectivity index (χ2n) is 4.33. The van der Waals surface area contributed by atoms with E-state index in [4.69, 9.17) is 0 Å². The third kappa shape index (κ3) is 3.44. The van der Waals surface area contributed by atoms with E-state index in [1.165, 1.54) is 11.3 Å². The first kappa shape index (κ1) is 12.4. The third-order valence-corrected chi connectivity index (χ3v) is 3.84. The number of unbranched alkanes of at least 4 members (excludes halogenated alkanes) is 1. The molecule has 0 aliphatic carbocycles. The molecule has 17 heavy (non-hydrogen) atoms. The lowest BCUT2D eigenvalue weighted by Gasteiger charge is -2.19. The van der Waals surface area contributed by atoms with Gasteiger partial charge in [0.1, 0.15) is 0 Å². The largest absolute Gasteiger partial charge is 0.748 e. The fourth-order valence-electron chi connectivity index (χ4n) is 2.22. The van der Waals surface area contributed by atoms with Crippen LogP contribution in [0, 0.1) is 0 Å². The summed E-state index contributed by atoms with van der Waals surface area (Å²) < 4.78 is 31.4. The molecule has 0 saturated heterocycles. The van der Waals surface area contributed by atoms with Crippen molar-refractivity contribution in [3.05, 3.63) is 29.8 Å². The van der Waals surface area contributed by atoms with Crippen molar-refractivity contribution in [3.8, 4) is 0 Å². The number of benzene rings is 1. The lowest BCUT2D eigenvalue weighted by Crippen LogP contribution is -2.22. The summed E-state index contributed by atoms with van der Waals surface area (Å²) in [6.45, 7) is 1.82. The SMILES string of the molecule is O=S(=O)([O-])CCCCN1CCc2ccccc21. The van der Waals surface area contributed by atoms with Gasteiger partial charge in [-0.25, -0.2) is 8.42 Å². The summed E-state index contributed by atoms with van der Waals surface area (Å²) >= 11 is 0. The standard InChI is InChI=1S/C12H17NO3S/c14-17(15,16)10-4-3-8-13-9-7-11-5-1-2-6-12(11)13/h1-2,5-6H,3-4,7-10H2,(H,14,15,16)/p-1. The molecule has 0 radical (unpaired) electrons. The van der Waals surface area contributed by atoms with Gasteiger partial charge in [0.25, 0.3) is 0 Å². The molecule has 0 fully saturated rings. The molecule has 0 atom stereocenters. The molecule has 0 bridgehead atoms. The van der Waals surface area contributed by atoms with Crippen LogP contribution in [0.1, 0.15) is 18.4 Å². The molecule has 0 unspecified atom stereocenters. The van der Waals surface area contributed by atoms with Crippen molar-refractivity contribution in [2.75, 3.05) is 23.7 Å². The fourth-order valence-corrected chi connectivity index (χ4v) is 2.78. The predicted octanol–water partition coefficient (Wildman–Crippen LogP) is 1.37. The Morgan fingerprint density at radius 2 is 2.00 bits per heavy atom. The van der Waals surface area contributed by atoms with E-state index in [1.54, 1.807) is 0 Å². The maximum absolute atomic E-state index is 10.5. The zero-order valence-electron chi connectivity index (χ0n) is 9.63. The molecule has 1 aliphatic heterocycles. The van der Waals surface area contributed by atoms with Gasteiger partial charge in [0.15, 0.2) is 0 Å². The van der Waals surface area contributed by atoms with Crippen LogP contribution in [0.25, 0.3) is 0 Å². The minimum absolute atomic E-state index is 0.248. The Morgan fingerprint density at radius 3 is 2.76 bits per heavy atom. The summed E-state index contributed by atoms with van der Waals surface area (Å²) in [6, 6.07) is 8.26. The lowest BCUT2D eigenvalue weighted by atomic mass is 10.2. The Labute approximate surface area is 102 Å². The third-order valence-electron chi connectivity index (χ3n) is 3.06. The minimum atomic E-state index is -4.05. The van der Waals surface area contributed by atoms with Crippen molar-refractivity contribution in [2.24, 2.45) is 0 Å². The molecule has 1 aromatic rings. The van der Waals surface area contributed by atoms with E-state index in [1.807, 2.05) is 12.1 Å². The average molecular weight is 254 g/mol. The Bertz CT molecular complexity index is 484. The molecular weight excluding hydrogens is 238 g/mol. The number of para-hydroxylation sites is 1. The summed E-state index contributed by atoms with van der Waals surface area (Å²) in [5.74, 6) is -0.248. The van der Waals surface area contributed by atoms with Gasteiger partial charge in [-0.3, -0.25) is 0 Å². The van der Waals surface area contributed by atoms with Gasteiger partial charge in [-0.1, -0.05) is 18.2 Å². The van der Waals surface area contributed by atoms with Crippen molar-refractivity contribution < 1.29 is 13.0 Å². The molecule has 0 N–H and O–H groups in total. The van der Waals surface area contributed by atoms with E-state index in [-0.39, 0.29) is 5.75 Å². The van der Waals surface area contributed by atoms with E-state index < -0.39 is 10.1 Å². The van der Waals surface area contributed by atoms with Crippen LogP contribution in [0.2, 0.25) is 0 Å². The van der Waals surface area contributed by atoms with Crippen LogP contribution in [0.3, 0.4) is 0 Å². The molecule has 1 heterocycles. The number of anilines is 1. The Kier molecular flexibility index (Phi) is 3.69. The topological polar surface area (TPSA) is 60.4 Å². The smallest absolute Gasteiger partial charge is 0.0945 e. The highest BCUT2D eigenvalue weighted by molar-refractivity contribution is 7.85. The summed E-state index contributed by atoms with van der Waals surface area (Å²) in [7, 11) is -4.05. The molecule has 0 amide bonds. The van der Waals surface area contributed by atoms with Crippen molar-refractivity contribution in [1.29, 1.82) is 0 Å². The van der Waals surface area contributed by atoms with Gasteiger partial charge in [0, 0.05) is 24.5 Å². The summed E-state index contributed by atoms with van der Waals surface area (Å²) in [5, 5.41) is 0. The highest BCUT2D eigenvalue weighted by Gasteiger charge is 2.17. The van der Waals surface area contributed by atoms with Crippen molar-refractivity contribution in [2.45, 2.75) is 19.3 Å². The van der Waals surface area contributed by atoms with E-state index in [2.05, 4.69) is 17.0 Å². The first-order valence-corrected chi connectivity index (χ1v) is 7.40. The van der Waals surface area contributed by atoms with Crippen LogP contribution in [0.4, 0.5) is 5.69 Å². The zero-order valence-corrected chi connectivity index (χ0v) is 10.4.